The second-order valence-electron chi connectivity index (χ2n) is 4.45. The molecule has 0 aliphatic carbocycles. The quantitative estimate of drug-likeness (QED) is 0.675. The number of para-hydroxylation sites is 1. The molecule has 18 heavy (non-hydrogen) atoms. The molecule has 1 aromatic rings. The molecule has 0 unspecified atom stereocenters. The summed E-state index contributed by atoms with van der Waals surface area (Å²) in [6.07, 6.45) is 9.56. The molecule has 104 valence electrons. The van der Waals surface area contributed by atoms with Crippen LogP contribution in [0.4, 0.5) is 0 Å². The van der Waals surface area contributed by atoms with Gasteiger partial charge in [-0.05, 0) is 18.6 Å². The molecule has 0 fully saturated rings. The van der Waals surface area contributed by atoms with Crippen LogP contribution in [0.15, 0.2) is 30.3 Å². The van der Waals surface area contributed by atoms with Gasteiger partial charge in [0.25, 0.3) is 0 Å². The highest BCUT2D eigenvalue weighted by molar-refractivity contribution is 5.18. The molecule has 0 aromatic heterocycles. The zero-order chi connectivity index (χ0) is 13.5. The largest absolute Gasteiger partial charge is 0.508 e. The third-order valence-electron chi connectivity index (χ3n) is 2.71. The molecule has 1 aromatic carbocycles. The lowest BCUT2D eigenvalue weighted by Crippen LogP contribution is -1.87. The van der Waals surface area contributed by atoms with Crippen LogP contribution in [0.25, 0.3) is 0 Å². The van der Waals surface area contributed by atoms with E-state index in [2.05, 4.69) is 6.92 Å². The minimum atomic E-state index is 0.322. The molecule has 2 heteroatoms. The van der Waals surface area contributed by atoms with Gasteiger partial charge in [-0.15, -0.1) is 0 Å². The lowest BCUT2D eigenvalue weighted by molar-refractivity contribution is 0.192. The molecule has 0 spiro atoms. The van der Waals surface area contributed by atoms with E-state index in [1.165, 1.54) is 44.9 Å². The fourth-order valence-electron chi connectivity index (χ4n) is 1.63. The first-order chi connectivity index (χ1) is 8.81. The number of methoxy groups -OCH3 is 1. The van der Waals surface area contributed by atoms with Crippen molar-refractivity contribution in [2.45, 2.75) is 51.9 Å². The van der Waals surface area contributed by atoms with Crippen molar-refractivity contribution >= 4 is 0 Å². The summed E-state index contributed by atoms with van der Waals surface area (Å²) in [6, 6.07) is 8.71. The van der Waals surface area contributed by atoms with Crippen molar-refractivity contribution in [3.8, 4) is 5.75 Å². The number of benzene rings is 1. The molecule has 2 nitrogen and oxygen atoms in total. The SMILES string of the molecule is CCCCCCCCCOC.Oc1ccccc1. The lowest BCUT2D eigenvalue weighted by atomic mass is 10.1. The van der Waals surface area contributed by atoms with Gasteiger partial charge in [-0.3, -0.25) is 0 Å². The third kappa shape index (κ3) is 13.0. The fourth-order valence-corrected chi connectivity index (χ4v) is 1.63. The summed E-state index contributed by atoms with van der Waals surface area (Å²) >= 11 is 0. The van der Waals surface area contributed by atoms with E-state index in [0.717, 1.165) is 6.61 Å². The Bertz CT molecular complexity index is 239. The Hall–Kier alpha value is -1.02. The number of aromatic hydroxyl groups is 1. The van der Waals surface area contributed by atoms with E-state index in [9.17, 15) is 0 Å². The van der Waals surface area contributed by atoms with Crippen molar-refractivity contribution in [1.82, 2.24) is 0 Å². The smallest absolute Gasteiger partial charge is 0.115 e. The first kappa shape index (κ1) is 17.0. The van der Waals surface area contributed by atoms with Crippen LogP contribution in [0, 0.1) is 0 Å². The van der Waals surface area contributed by atoms with Crippen LogP contribution in [0.3, 0.4) is 0 Å². The van der Waals surface area contributed by atoms with Gasteiger partial charge in [0.05, 0.1) is 0 Å². The molecule has 0 heterocycles. The van der Waals surface area contributed by atoms with Crippen molar-refractivity contribution < 1.29 is 9.84 Å². The molecular formula is C16H28O2. The van der Waals surface area contributed by atoms with Gasteiger partial charge in [0.15, 0.2) is 0 Å². The molecule has 0 saturated carbocycles. The molecule has 0 atom stereocenters. The minimum absolute atomic E-state index is 0.322. The van der Waals surface area contributed by atoms with Gasteiger partial charge in [-0.2, -0.15) is 0 Å². The van der Waals surface area contributed by atoms with Gasteiger partial charge in [-0.25, -0.2) is 0 Å². The molecule has 0 aliphatic rings. The third-order valence-corrected chi connectivity index (χ3v) is 2.71. The van der Waals surface area contributed by atoms with Crippen LogP contribution in [-0.2, 0) is 4.74 Å². The number of rotatable bonds is 8. The van der Waals surface area contributed by atoms with Crippen LogP contribution in [0.5, 0.6) is 5.75 Å². The van der Waals surface area contributed by atoms with Crippen LogP contribution < -0.4 is 0 Å². The highest BCUT2D eigenvalue weighted by Crippen LogP contribution is 2.06. The Balaban J connectivity index is 0.000000351. The van der Waals surface area contributed by atoms with E-state index in [0.29, 0.717) is 5.75 Å². The van der Waals surface area contributed by atoms with Gasteiger partial charge in [0, 0.05) is 13.7 Å². The molecule has 0 aliphatic heterocycles. The summed E-state index contributed by atoms with van der Waals surface area (Å²) in [5, 5.41) is 8.63. The van der Waals surface area contributed by atoms with Gasteiger partial charge in [0.2, 0.25) is 0 Å². The number of unbranched alkanes of at least 4 members (excludes halogenated alkanes) is 6. The van der Waals surface area contributed by atoms with Crippen molar-refractivity contribution in [1.29, 1.82) is 0 Å². The number of hydrogen-bond donors (Lipinski definition) is 1. The second-order valence-corrected chi connectivity index (χ2v) is 4.45. The standard InChI is InChI=1S/C10H22O.C6H6O/c1-3-4-5-6-7-8-9-10-11-2;7-6-4-2-1-3-5-6/h3-10H2,1-2H3;1-5,7H. The summed E-state index contributed by atoms with van der Waals surface area (Å²) in [4.78, 5) is 0. The van der Waals surface area contributed by atoms with Crippen LogP contribution >= 0.6 is 0 Å². The fraction of sp³-hybridized carbons (Fsp3) is 0.625. The Labute approximate surface area is 112 Å². The number of phenols is 1. The molecule has 1 N–H and O–H groups in total. The summed E-state index contributed by atoms with van der Waals surface area (Å²) < 4.78 is 4.97. The highest BCUT2D eigenvalue weighted by Gasteiger charge is 1.89. The van der Waals surface area contributed by atoms with E-state index in [1.54, 1.807) is 31.4 Å². The zero-order valence-corrected chi connectivity index (χ0v) is 11.9. The Morgan fingerprint density at radius 3 is 1.89 bits per heavy atom. The van der Waals surface area contributed by atoms with Crippen molar-refractivity contribution in [2.75, 3.05) is 13.7 Å². The maximum absolute atomic E-state index is 8.63. The van der Waals surface area contributed by atoms with E-state index in [4.69, 9.17) is 9.84 Å². The monoisotopic (exact) mass is 252 g/mol. The molecule has 0 amide bonds. The highest BCUT2D eigenvalue weighted by atomic mass is 16.5. The van der Waals surface area contributed by atoms with Gasteiger partial charge >= 0.3 is 0 Å². The van der Waals surface area contributed by atoms with E-state index < -0.39 is 0 Å². The maximum Gasteiger partial charge on any atom is 0.115 e. The minimum Gasteiger partial charge on any atom is -0.508 e. The van der Waals surface area contributed by atoms with Gasteiger partial charge in [-0.1, -0.05) is 63.6 Å². The van der Waals surface area contributed by atoms with Gasteiger partial charge in [0.1, 0.15) is 5.75 Å². The number of ether oxygens (including phenoxy) is 1. The van der Waals surface area contributed by atoms with Crippen molar-refractivity contribution in [3.63, 3.8) is 0 Å². The summed E-state index contributed by atoms with van der Waals surface area (Å²) in [5.41, 5.74) is 0. The van der Waals surface area contributed by atoms with Crippen molar-refractivity contribution in [3.05, 3.63) is 30.3 Å². The molecule has 1 rings (SSSR count). The number of phenolic OH excluding ortho intramolecular Hbond substituents is 1. The Morgan fingerprint density at radius 1 is 0.889 bits per heavy atom. The molecular weight excluding hydrogens is 224 g/mol. The van der Waals surface area contributed by atoms with Crippen LogP contribution in [0.2, 0.25) is 0 Å². The van der Waals surface area contributed by atoms with Gasteiger partial charge < -0.3 is 9.84 Å². The predicted octanol–water partition coefficient (Wildman–Crippen LogP) is 4.78. The first-order valence-electron chi connectivity index (χ1n) is 7.04. The average molecular weight is 252 g/mol. The van der Waals surface area contributed by atoms with Crippen LogP contribution in [0.1, 0.15) is 51.9 Å². The summed E-state index contributed by atoms with van der Waals surface area (Å²) in [5.74, 6) is 0.322. The van der Waals surface area contributed by atoms with Crippen LogP contribution in [-0.4, -0.2) is 18.8 Å². The summed E-state index contributed by atoms with van der Waals surface area (Å²) in [7, 11) is 1.77. The average Bonchev–Trinajstić information content (AvgIpc) is 2.39. The normalized spacial score (nSPS) is 9.67. The summed E-state index contributed by atoms with van der Waals surface area (Å²) in [6.45, 7) is 3.19. The number of hydrogen-bond acceptors (Lipinski definition) is 2. The van der Waals surface area contributed by atoms with E-state index in [1.807, 2.05) is 6.07 Å². The Kier molecular flexibility index (Phi) is 13.2. The van der Waals surface area contributed by atoms with Crippen molar-refractivity contribution in [2.24, 2.45) is 0 Å². The zero-order valence-electron chi connectivity index (χ0n) is 11.9. The first-order valence-corrected chi connectivity index (χ1v) is 7.04. The molecule has 0 radical (unpaired) electrons. The molecule has 0 bridgehead atoms. The maximum atomic E-state index is 8.63. The molecule has 0 saturated heterocycles. The van der Waals surface area contributed by atoms with E-state index >= 15 is 0 Å². The second kappa shape index (κ2) is 14.0. The lowest BCUT2D eigenvalue weighted by Gasteiger charge is -1.99. The Morgan fingerprint density at radius 2 is 1.44 bits per heavy atom. The predicted molar refractivity (Wildman–Crippen MR) is 78.0 cm³/mol. The topological polar surface area (TPSA) is 29.5 Å². The van der Waals surface area contributed by atoms with E-state index in [-0.39, 0.29) is 0 Å².